The fourth-order valence-electron chi connectivity index (χ4n) is 2.29. The molecule has 0 aliphatic rings. The number of carbonyl (C=O) groups is 2. The molecule has 0 radical (unpaired) electrons. The minimum atomic E-state index is -0.696. The second-order valence-corrected chi connectivity index (χ2v) is 6.54. The molecule has 0 heterocycles. The summed E-state index contributed by atoms with van der Waals surface area (Å²) in [6.45, 7) is 0.185. The van der Waals surface area contributed by atoms with Gasteiger partial charge in [0.25, 0.3) is 0 Å². The number of rotatable bonds is 5. The maximum atomic E-state index is 12.1. The summed E-state index contributed by atoms with van der Waals surface area (Å²) in [5.41, 5.74) is 1.70. The summed E-state index contributed by atoms with van der Waals surface area (Å²) in [7, 11) is 0. The van der Waals surface area contributed by atoms with Crippen molar-refractivity contribution in [2.45, 2.75) is 6.61 Å². The van der Waals surface area contributed by atoms with E-state index in [2.05, 4.69) is 5.32 Å². The Labute approximate surface area is 171 Å². The molecule has 3 aromatic carbocycles. The van der Waals surface area contributed by atoms with Crippen molar-refractivity contribution in [2.75, 3.05) is 5.32 Å². The van der Waals surface area contributed by atoms with Crippen LogP contribution in [-0.2, 0) is 11.3 Å². The van der Waals surface area contributed by atoms with Crippen molar-refractivity contribution in [2.24, 2.45) is 0 Å². The van der Waals surface area contributed by atoms with Crippen LogP contribution in [0.5, 0.6) is 5.75 Å². The van der Waals surface area contributed by atoms with E-state index in [-0.39, 0.29) is 12.4 Å². The SMILES string of the molecule is O=C(Nc1ccc(Cl)c(Cl)c1)Oc1ccc(C(=O)OCc2ccccc2)cc1. The number of amides is 1. The molecule has 3 rings (SSSR count). The highest BCUT2D eigenvalue weighted by Gasteiger charge is 2.10. The summed E-state index contributed by atoms with van der Waals surface area (Å²) >= 11 is 11.7. The lowest BCUT2D eigenvalue weighted by Gasteiger charge is -2.08. The minimum Gasteiger partial charge on any atom is -0.457 e. The third-order valence-electron chi connectivity index (χ3n) is 3.68. The first kappa shape index (κ1) is 19.7. The number of halogens is 2. The van der Waals surface area contributed by atoms with E-state index in [1.807, 2.05) is 30.3 Å². The number of ether oxygens (including phenoxy) is 2. The van der Waals surface area contributed by atoms with E-state index in [1.54, 1.807) is 12.1 Å². The maximum absolute atomic E-state index is 12.1. The van der Waals surface area contributed by atoms with E-state index in [0.29, 0.717) is 21.3 Å². The van der Waals surface area contributed by atoms with Crippen LogP contribution in [0.1, 0.15) is 15.9 Å². The van der Waals surface area contributed by atoms with E-state index in [9.17, 15) is 9.59 Å². The smallest absolute Gasteiger partial charge is 0.417 e. The third kappa shape index (κ3) is 5.49. The monoisotopic (exact) mass is 415 g/mol. The molecule has 142 valence electrons. The fourth-order valence-corrected chi connectivity index (χ4v) is 2.59. The Hall–Kier alpha value is -3.02. The van der Waals surface area contributed by atoms with Crippen LogP contribution in [0, 0.1) is 0 Å². The molecule has 7 heteroatoms. The Balaban J connectivity index is 1.53. The van der Waals surface area contributed by atoms with E-state index in [0.717, 1.165) is 5.56 Å². The number of hydrogen-bond donors (Lipinski definition) is 1. The van der Waals surface area contributed by atoms with Gasteiger partial charge in [-0.2, -0.15) is 0 Å². The van der Waals surface area contributed by atoms with Crippen LogP contribution in [0.2, 0.25) is 10.0 Å². The molecule has 0 spiro atoms. The highest BCUT2D eigenvalue weighted by molar-refractivity contribution is 6.42. The van der Waals surface area contributed by atoms with Gasteiger partial charge in [-0.1, -0.05) is 53.5 Å². The second kappa shape index (κ2) is 9.26. The summed E-state index contributed by atoms with van der Waals surface area (Å²) in [5, 5.41) is 3.24. The summed E-state index contributed by atoms with van der Waals surface area (Å²) in [5.74, 6) is -0.187. The molecule has 0 bridgehead atoms. The zero-order valence-corrected chi connectivity index (χ0v) is 16.0. The van der Waals surface area contributed by atoms with Crippen molar-refractivity contribution < 1.29 is 19.1 Å². The number of hydrogen-bond acceptors (Lipinski definition) is 4. The summed E-state index contributed by atoms with van der Waals surface area (Å²) in [6, 6.07) is 20.1. The molecule has 0 unspecified atom stereocenters. The van der Waals surface area contributed by atoms with Gasteiger partial charge in [0.2, 0.25) is 0 Å². The van der Waals surface area contributed by atoms with E-state index in [1.165, 1.54) is 30.3 Å². The first-order valence-corrected chi connectivity index (χ1v) is 9.02. The van der Waals surface area contributed by atoms with Crippen molar-refractivity contribution >= 4 is 41.0 Å². The molecule has 0 aliphatic heterocycles. The third-order valence-corrected chi connectivity index (χ3v) is 4.42. The lowest BCUT2D eigenvalue weighted by Crippen LogP contribution is -2.16. The average Bonchev–Trinajstić information content (AvgIpc) is 2.70. The maximum Gasteiger partial charge on any atom is 0.417 e. The Kier molecular flexibility index (Phi) is 6.53. The van der Waals surface area contributed by atoms with E-state index < -0.39 is 12.1 Å². The second-order valence-electron chi connectivity index (χ2n) is 5.73. The van der Waals surface area contributed by atoms with Gasteiger partial charge in [0, 0.05) is 5.69 Å². The molecule has 0 aliphatic carbocycles. The topological polar surface area (TPSA) is 64.6 Å². The molecule has 3 aromatic rings. The van der Waals surface area contributed by atoms with Crippen LogP contribution in [0.4, 0.5) is 10.5 Å². The predicted octanol–water partition coefficient (Wildman–Crippen LogP) is 5.96. The van der Waals surface area contributed by atoms with Crippen LogP contribution in [0.3, 0.4) is 0 Å². The van der Waals surface area contributed by atoms with Gasteiger partial charge in [-0.3, -0.25) is 5.32 Å². The van der Waals surface area contributed by atoms with Gasteiger partial charge in [-0.05, 0) is 48.0 Å². The molecule has 1 N–H and O–H groups in total. The highest BCUT2D eigenvalue weighted by atomic mass is 35.5. The highest BCUT2D eigenvalue weighted by Crippen LogP contribution is 2.25. The zero-order valence-electron chi connectivity index (χ0n) is 14.5. The van der Waals surface area contributed by atoms with E-state index >= 15 is 0 Å². The molecule has 0 saturated carbocycles. The Morgan fingerprint density at radius 1 is 0.857 bits per heavy atom. The number of anilines is 1. The molecule has 1 amide bonds. The van der Waals surface area contributed by atoms with Crippen molar-refractivity contribution in [1.29, 1.82) is 0 Å². The van der Waals surface area contributed by atoms with Gasteiger partial charge in [0.05, 0.1) is 15.6 Å². The molecular formula is C21H15Cl2NO4. The lowest BCUT2D eigenvalue weighted by atomic mass is 10.2. The minimum absolute atomic E-state index is 0.185. The Morgan fingerprint density at radius 3 is 2.25 bits per heavy atom. The zero-order chi connectivity index (χ0) is 19.9. The number of nitrogens with one attached hydrogen (secondary N) is 1. The fraction of sp³-hybridized carbons (Fsp3) is 0.0476. The van der Waals surface area contributed by atoms with Crippen LogP contribution < -0.4 is 10.1 Å². The normalized spacial score (nSPS) is 10.2. The molecule has 28 heavy (non-hydrogen) atoms. The summed E-state index contributed by atoms with van der Waals surface area (Å²) in [4.78, 5) is 24.0. The average molecular weight is 416 g/mol. The molecule has 0 fully saturated rings. The van der Waals surface area contributed by atoms with Gasteiger partial charge in [-0.25, -0.2) is 9.59 Å². The van der Waals surface area contributed by atoms with Crippen LogP contribution in [-0.4, -0.2) is 12.1 Å². The largest absolute Gasteiger partial charge is 0.457 e. The Bertz CT molecular complexity index is 975. The first-order chi connectivity index (χ1) is 13.5. The van der Waals surface area contributed by atoms with Gasteiger partial charge >= 0.3 is 12.1 Å². The van der Waals surface area contributed by atoms with Gasteiger partial charge in [0.1, 0.15) is 12.4 Å². The van der Waals surface area contributed by atoms with Gasteiger partial charge < -0.3 is 9.47 Å². The van der Waals surface area contributed by atoms with E-state index in [4.69, 9.17) is 32.7 Å². The molecule has 0 saturated heterocycles. The standard InChI is InChI=1S/C21H15Cl2NO4/c22-18-11-8-16(12-19(18)23)24-21(26)28-17-9-6-15(7-10-17)20(25)27-13-14-4-2-1-3-5-14/h1-12H,13H2,(H,24,26). The number of benzene rings is 3. The number of carbonyl (C=O) groups excluding carboxylic acids is 2. The van der Waals surface area contributed by atoms with Crippen LogP contribution >= 0.6 is 23.2 Å². The predicted molar refractivity (Wildman–Crippen MR) is 108 cm³/mol. The molecule has 0 aromatic heterocycles. The van der Waals surface area contributed by atoms with Crippen molar-refractivity contribution in [3.63, 3.8) is 0 Å². The summed E-state index contributed by atoms with van der Waals surface area (Å²) in [6.07, 6.45) is -0.696. The van der Waals surface area contributed by atoms with Gasteiger partial charge in [0.15, 0.2) is 0 Å². The lowest BCUT2D eigenvalue weighted by molar-refractivity contribution is 0.0472. The van der Waals surface area contributed by atoms with Crippen LogP contribution in [0.25, 0.3) is 0 Å². The first-order valence-electron chi connectivity index (χ1n) is 8.26. The van der Waals surface area contributed by atoms with Crippen molar-refractivity contribution in [3.8, 4) is 5.75 Å². The molecule has 5 nitrogen and oxygen atoms in total. The molecular weight excluding hydrogens is 401 g/mol. The number of esters is 1. The Morgan fingerprint density at radius 2 is 1.57 bits per heavy atom. The van der Waals surface area contributed by atoms with Crippen molar-refractivity contribution in [3.05, 3.63) is 94.0 Å². The molecule has 0 atom stereocenters. The van der Waals surface area contributed by atoms with Crippen molar-refractivity contribution in [1.82, 2.24) is 0 Å². The quantitative estimate of drug-likeness (QED) is 0.521. The van der Waals surface area contributed by atoms with Gasteiger partial charge in [-0.15, -0.1) is 0 Å². The summed E-state index contributed by atoms with van der Waals surface area (Å²) < 4.78 is 10.4. The van der Waals surface area contributed by atoms with Crippen LogP contribution in [0.15, 0.2) is 72.8 Å².